The highest BCUT2D eigenvalue weighted by Crippen LogP contribution is 2.32. The Morgan fingerprint density at radius 1 is 0.875 bits per heavy atom. The van der Waals surface area contributed by atoms with Crippen molar-refractivity contribution in [2.24, 2.45) is 0 Å². The summed E-state index contributed by atoms with van der Waals surface area (Å²) in [7, 11) is 2.20. The fraction of sp³-hybridized carbons (Fsp3) is 0.700. The molecule has 0 spiro atoms. The maximum atomic E-state index is 5.46. The van der Waals surface area contributed by atoms with Gasteiger partial charge in [0.05, 0.1) is 0 Å². The van der Waals surface area contributed by atoms with Gasteiger partial charge in [-0.25, -0.2) is 0 Å². The Bertz CT molecular complexity index is 471. The van der Waals surface area contributed by atoms with E-state index in [4.69, 9.17) is 9.47 Å². The summed E-state index contributed by atoms with van der Waals surface area (Å²) in [5.41, 5.74) is 1.29. The van der Waals surface area contributed by atoms with Gasteiger partial charge in [-0.3, -0.25) is 0 Å². The third-order valence-electron chi connectivity index (χ3n) is 4.56. The van der Waals surface area contributed by atoms with Gasteiger partial charge >= 0.3 is 0 Å². The molecule has 1 aromatic rings. The van der Waals surface area contributed by atoms with Crippen molar-refractivity contribution in [3.8, 4) is 11.5 Å². The quantitative estimate of drug-likeness (QED) is 0.573. The van der Waals surface area contributed by atoms with E-state index in [2.05, 4.69) is 42.8 Å². The minimum absolute atomic E-state index is 0.347. The van der Waals surface area contributed by atoms with Crippen molar-refractivity contribution in [1.82, 2.24) is 9.80 Å². The molecule has 0 unspecified atom stereocenters. The zero-order valence-corrected chi connectivity index (χ0v) is 15.7. The number of unbranched alkanes of at least 4 members (excludes halogenated alkanes) is 2. The molecule has 4 heteroatoms. The summed E-state index contributed by atoms with van der Waals surface area (Å²) < 4.78 is 10.8. The topological polar surface area (TPSA) is 24.9 Å². The first kappa shape index (κ1) is 19.1. The van der Waals surface area contributed by atoms with Crippen LogP contribution in [-0.4, -0.2) is 49.8 Å². The summed E-state index contributed by atoms with van der Waals surface area (Å²) in [6.45, 7) is 10.7. The van der Waals surface area contributed by atoms with E-state index in [1.807, 2.05) is 6.07 Å². The molecule has 0 saturated carbocycles. The average molecular weight is 335 g/mol. The summed E-state index contributed by atoms with van der Waals surface area (Å²) >= 11 is 0. The molecule has 0 N–H and O–H groups in total. The monoisotopic (exact) mass is 334 g/mol. The van der Waals surface area contributed by atoms with E-state index in [1.54, 1.807) is 0 Å². The SMILES string of the molecule is CCCCN(CCCC)CCCN(C)Cc1ccc2c(c1)OCO2. The van der Waals surface area contributed by atoms with Crippen molar-refractivity contribution in [2.75, 3.05) is 40.0 Å². The van der Waals surface area contributed by atoms with Crippen LogP contribution < -0.4 is 9.47 Å². The molecule has 2 rings (SSSR count). The van der Waals surface area contributed by atoms with Crippen molar-refractivity contribution in [3.05, 3.63) is 23.8 Å². The van der Waals surface area contributed by atoms with Gasteiger partial charge in [-0.15, -0.1) is 0 Å². The van der Waals surface area contributed by atoms with Gasteiger partial charge in [0.1, 0.15) is 0 Å². The van der Waals surface area contributed by atoms with E-state index in [1.165, 1.54) is 57.3 Å². The summed E-state index contributed by atoms with van der Waals surface area (Å²) in [5, 5.41) is 0. The molecular formula is C20H34N2O2. The van der Waals surface area contributed by atoms with Crippen LogP contribution in [0.15, 0.2) is 18.2 Å². The molecule has 1 aliphatic heterocycles. The first-order valence-electron chi connectivity index (χ1n) is 9.52. The van der Waals surface area contributed by atoms with Gasteiger partial charge in [-0.05, 0) is 70.2 Å². The molecule has 0 amide bonds. The van der Waals surface area contributed by atoms with E-state index in [9.17, 15) is 0 Å². The molecule has 0 radical (unpaired) electrons. The maximum Gasteiger partial charge on any atom is 0.231 e. The second-order valence-corrected chi connectivity index (χ2v) is 6.83. The van der Waals surface area contributed by atoms with Crippen LogP contribution >= 0.6 is 0 Å². The number of benzene rings is 1. The predicted molar refractivity (Wildman–Crippen MR) is 99.8 cm³/mol. The molecule has 1 aliphatic rings. The molecular weight excluding hydrogens is 300 g/mol. The minimum Gasteiger partial charge on any atom is -0.454 e. The second-order valence-electron chi connectivity index (χ2n) is 6.83. The van der Waals surface area contributed by atoms with Crippen molar-refractivity contribution >= 4 is 0 Å². The fourth-order valence-electron chi connectivity index (χ4n) is 3.09. The smallest absolute Gasteiger partial charge is 0.231 e. The minimum atomic E-state index is 0.347. The number of hydrogen-bond acceptors (Lipinski definition) is 4. The second kappa shape index (κ2) is 10.6. The van der Waals surface area contributed by atoms with Gasteiger partial charge in [0, 0.05) is 6.54 Å². The molecule has 4 nitrogen and oxygen atoms in total. The number of ether oxygens (including phenoxy) is 2. The van der Waals surface area contributed by atoms with Crippen LogP contribution in [0.5, 0.6) is 11.5 Å². The molecule has 0 saturated heterocycles. The molecule has 1 aromatic carbocycles. The van der Waals surface area contributed by atoms with Gasteiger partial charge in [0.15, 0.2) is 11.5 Å². The largest absolute Gasteiger partial charge is 0.454 e. The molecule has 24 heavy (non-hydrogen) atoms. The molecule has 0 atom stereocenters. The van der Waals surface area contributed by atoms with Crippen LogP contribution in [0.2, 0.25) is 0 Å². The Balaban J connectivity index is 1.70. The fourth-order valence-corrected chi connectivity index (χ4v) is 3.09. The summed E-state index contributed by atoms with van der Waals surface area (Å²) in [5.74, 6) is 1.75. The Morgan fingerprint density at radius 2 is 1.54 bits per heavy atom. The van der Waals surface area contributed by atoms with Crippen molar-refractivity contribution in [2.45, 2.75) is 52.5 Å². The Hall–Kier alpha value is -1.26. The number of hydrogen-bond donors (Lipinski definition) is 0. The van der Waals surface area contributed by atoms with Gasteiger partial charge < -0.3 is 19.3 Å². The summed E-state index contributed by atoms with van der Waals surface area (Å²) in [6.07, 6.45) is 6.43. The van der Waals surface area contributed by atoms with E-state index in [-0.39, 0.29) is 0 Å². The van der Waals surface area contributed by atoms with E-state index in [0.29, 0.717) is 6.79 Å². The molecule has 136 valence electrons. The Kier molecular flexibility index (Phi) is 8.40. The molecule has 0 aromatic heterocycles. The predicted octanol–water partition coefficient (Wildman–Crippen LogP) is 4.14. The zero-order chi connectivity index (χ0) is 17.2. The molecule has 0 aliphatic carbocycles. The lowest BCUT2D eigenvalue weighted by Crippen LogP contribution is -2.30. The van der Waals surface area contributed by atoms with E-state index >= 15 is 0 Å². The van der Waals surface area contributed by atoms with Crippen LogP contribution in [0, 0.1) is 0 Å². The Morgan fingerprint density at radius 3 is 2.25 bits per heavy atom. The van der Waals surface area contributed by atoms with E-state index in [0.717, 1.165) is 24.6 Å². The number of rotatable bonds is 12. The van der Waals surface area contributed by atoms with Gasteiger partial charge in [0.25, 0.3) is 0 Å². The van der Waals surface area contributed by atoms with Crippen LogP contribution in [-0.2, 0) is 6.54 Å². The zero-order valence-electron chi connectivity index (χ0n) is 15.7. The lowest BCUT2D eigenvalue weighted by molar-refractivity contribution is 0.174. The average Bonchev–Trinajstić information content (AvgIpc) is 3.04. The van der Waals surface area contributed by atoms with Crippen LogP contribution in [0.4, 0.5) is 0 Å². The normalized spacial score (nSPS) is 13.2. The molecule has 0 fully saturated rings. The van der Waals surface area contributed by atoms with Crippen LogP contribution in [0.1, 0.15) is 51.5 Å². The standard InChI is InChI=1S/C20H34N2O2/c1-4-6-12-22(13-7-5-2)14-8-11-21(3)16-18-9-10-19-20(15-18)24-17-23-19/h9-10,15H,4-8,11-14,16-17H2,1-3H3. The van der Waals surface area contributed by atoms with Gasteiger partial charge in [-0.1, -0.05) is 32.8 Å². The van der Waals surface area contributed by atoms with Crippen molar-refractivity contribution in [3.63, 3.8) is 0 Å². The van der Waals surface area contributed by atoms with Gasteiger partial charge in [-0.2, -0.15) is 0 Å². The number of fused-ring (bicyclic) bond motifs is 1. The lowest BCUT2D eigenvalue weighted by Gasteiger charge is -2.24. The number of nitrogens with zero attached hydrogens (tertiary/aromatic N) is 2. The highest BCUT2D eigenvalue weighted by atomic mass is 16.7. The third kappa shape index (κ3) is 6.33. The first-order valence-corrected chi connectivity index (χ1v) is 9.52. The van der Waals surface area contributed by atoms with Gasteiger partial charge in [0.2, 0.25) is 6.79 Å². The van der Waals surface area contributed by atoms with Crippen LogP contribution in [0.3, 0.4) is 0 Å². The van der Waals surface area contributed by atoms with Crippen LogP contribution in [0.25, 0.3) is 0 Å². The third-order valence-corrected chi connectivity index (χ3v) is 4.56. The maximum absolute atomic E-state index is 5.46. The Labute approximate surface area is 147 Å². The van der Waals surface area contributed by atoms with Crippen molar-refractivity contribution in [1.29, 1.82) is 0 Å². The summed E-state index contributed by atoms with van der Waals surface area (Å²) in [4.78, 5) is 5.04. The first-order chi connectivity index (χ1) is 11.7. The molecule has 0 bridgehead atoms. The van der Waals surface area contributed by atoms with E-state index < -0.39 is 0 Å². The molecule has 1 heterocycles. The summed E-state index contributed by atoms with van der Waals surface area (Å²) in [6, 6.07) is 6.26. The highest BCUT2D eigenvalue weighted by molar-refractivity contribution is 5.44. The van der Waals surface area contributed by atoms with Crippen molar-refractivity contribution < 1.29 is 9.47 Å². The highest BCUT2D eigenvalue weighted by Gasteiger charge is 2.13. The lowest BCUT2D eigenvalue weighted by atomic mass is 10.2.